The Labute approximate surface area is 173 Å². The third-order valence-corrected chi connectivity index (χ3v) is 6.00. The first-order valence-corrected chi connectivity index (χ1v) is 9.99. The van der Waals surface area contributed by atoms with E-state index in [1.807, 2.05) is 25.4 Å². The van der Waals surface area contributed by atoms with Gasteiger partial charge in [0, 0.05) is 57.1 Å². The Hall–Kier alpha value is -2.84. The van der Waals surface area contributed by atoms with E-state index in [-0.39, 0.29) is 24.8 Å². The van der Waals surface area contributed by atoms with E-state index in [1.165, 1.54) is 6.08 Å². The van der Waals surface area contributed by atoms with Gasteiger partial charge in [-0.25, -0.2) is 4.98 Å². The van der Waals surface area contributed by atoms with E-state index in [1.54, 1.807) is 20.7 Å². The summed E-state index contributed by atoms with van der Waals surface area (Å²) in [6.07, 6.45) is 1.56. The molecule has 0 aromatic carbocycles. The lowest BCUT2D eigenvalue weighted by molar-refractivity contribution is -0.168. The number of halogens is 3. The number of pyridine rings is 1. The first-order valence-electron chi connectivity index (χ1n) is 9.99. The molecule has 4 rings (SSSR count). The van der Waals surface area contributed by atoms with Crippen molar-refractivity contribution in [3.63, 3.8) is 0 Å². The maximum absolute atomic E-state index is 13.1. The summed E-state index contributed by atoms with van der Waals surface area (Å²) < 4.78 is 41.0. The van der Waals surface area contributed by atoms with Crippen LogP contribution in [0.3, 0.4) is 0 Å². The second-order valence-electron chi connectivity index (χ2n) is 7.95. The van der Waals surface area contributed by atoms with Gasteiger partial charge in [-0.2, -0.15) is 18.3 Å². The minimum absolute atomic E-state index is 0.0765. The third-order valence-electron chi connectivity index (χ3n) is 6.00. The summed E-state index contributed by atoms with van der Waals surface area (Å²) in [5, 5.41) is 4.50. The highest BCUT2D eigenvalue weighted by Crippen LogP contribution is 2.38. The summed E-state index contributed by atoms with van der Waals surface area (Å²) in [5.74, 6) is -0.806. The molecule has 0 saturated carbocycles. The highest BCUT2D eigenvalue weighted by atomic mass is 19.4. The van der Waals surface area contributed by atoms with Crippen LogP contribution in [0.4, 0.5) is 19.0 Å². The molecular formula is C21H24F3N5O. The molecule has 30 heavy (non-hydrogen) atoms. The molecule has 2 saturated heterocycles. The average molecular weight is 419 g/mol. The van der Waals surface area contributed by atoms with Gasteiger partial charge in [0.1, 0.15) is 5.82 Å². The van der Waals surface area contributed by atoms with Crippen LogP contribution in [-0.4, -0.2) is 57.9 Å². The van der Waals surface area contributed by atoms with Crippen LogP contribution in [0, 0.1) is 5.92 Å². The van der Waals surface area contributed by atoms with Gasteiger partial charge in [-0.1, -0.05) is 6.58 Å². The van der Waals surface area contributed by atoms with Gasteiger partial charge < -0.3 is 9.80 Å². The van der Waals surface area contributed by atoms with Crippen LogP contribution >= 0.6 is 0 Å². The van der Waals surface area contributed by atoms with Crippen LogP contribution in [0.25, 0.3) is 11.3 Å². The number of aromatic nitrogens is 3. The van der Waals surface area contributed by atoms with E-state index in [9.17, 15) is 18.0 Å². The lowest BCUT2D eigenvalue weighted by Crippen LogP contribution is -2.28. The normalized spacial score (nSPS) is 22.0. The Bertz CT molecular complexity index is 954. The lowest BCUT2D eigenvalue weighted by atomic mass is 9.93. The fourth-order valence-electron chi connectivity index (χ4n) is 4.31. The number of amides is 1. The Morgan fingerprint density at radius 3 is 2.70 bits per heavy atom. The van der Waals surface area contributed by atoms with E-state index < -0.39 is 12.1 Å². The number of hydrogen-bond donors (Lipinski definition) is 0. The van der Waals surface area contributed by atoms with Crippen LogP contribution in [0.1, 0.15) is 24.3 Å². The van der Waals surface area contributed by atoms with Crippen molar-refractivity contribution in [3.8, 4) is 11.3 Å². The van der Waals surface area contributed by atoms with Crippen molar-refractivity contribution in [1.29, 1.82) is 0 Å². The molecular weight excluding hydrogens is 395 g/mol. The van der Waals surface area contributed by atoms with Gasteiger partial charge in [-0.15, -0.1) is 0 Å². The van der Waals surface area contributed by atoms with E-state index >= 15 is 0 Å². The van der Waals surface area contributed by atoms with Gasteiger partial charge in [-0.05, 0) is 36.6 Å². The number of carbonyl (C=O) groups is 1. The summed E-state index contributed by atoms with van der Waals surface area (Å²) in [6.45, 7) is 4.99. The van der Waals surface area contributed by atoms with Gasteiger partial charge in [0.15, 0.2) is 0 Å². The smallest absolute Gasteiger partial charge is 0.356 e. The van der Waals surface area contributed by atoms with Crippen molar-refractivity contribution < 1.29 is 18.0 Å². The van der Waals surface area contributed by atoms with Crippen LogP contribution in [-0.2, 0) is 11.8 Å². The van der Waals surface area contributed by atoms with Crippen LogP contribution < -0.4 is 4.90 Å². The fraction of sp³-hybridized carbons (Fsp3) is 0.476. The summed E-state index contributed by atoms with van der Waals surface area (Å²) in [7, 11) is 1.82. The predicted octanol–water partition coefficient (Wildman–Crippen LogP) is 3.37. The monoisotopic (exact) mass is 419 g/mol. The van der Waals surface area contributed by atoms with E-state index in [0.717, 1.165) is 23.2 Å². The Morgan fingerprint density at radius 2 is 2.07 bits per heavy atom. The third kappa shape index (κ3) is 3.93. The maximum Gasteiger partial charge on any atom is 0.393 e. The second-order valence-corrected chi connectivity index (χ2v) is 7.95. The molecule has 0 aliphatic carbocycles. The van der Waals surface area contributed by atoms with Crippen molar-refractivity contribution in [1.82, 2.24) is 19.7 Å². The molecule has 0 N–H and O–H groups in total. The molecule has 2 aromatic rings. The van der Waals surface area contributed by atoms with Gasteiger partial charge in [-0.3, -0.25) is 9.48 Å². The second kappa shape index (κ2) is 7.77. The minimum Gasteiger partial charge on any atom is -0.356 e. The van der Waals surface area contributed by atoms with Crippen LogP contribution in [0.15, 0.2) is 37.2 Å². The maximum atomic E-state index is 13.1. The van der Waals surface area contributed by atoms with Gasteiger partial charge in [0.05, 0.1) is 11.6 Å². The number of likely N-dealkylation sites (tertiary alicyclic amines) is 1. The molecule has 0 unspecified atom stereocenters. The molecule has 2 atom stereocenters. The molecule has 0 bridgehead atoms. The summed E-state index contributed by atoms with van der Waals surface area (Å²) in [6, 6.07) is 3.72. The zero-order chi connectivity index (χ0) is 21.5. The first-order chi connectivity index (χ1) is 14.3. The highest BCUT2D eigenvalue weighted by Gasteiger charge is 2.44. The number of alkyl halides is 3. The highest BCUT2D eigenvalue weighted by molar-refractivity contribution is 5.87. The summed E-state index contributed by atoms with van der Waals surface area (Å²) in [5.41, 5.74) is 2.56. The van der Waals surface area contributed by atoms with Gasteiger partial charge in [0.25, 0.3) is 0 Å². The molecule has 0 spiro atoms. The van der Waals surface area contributed by atoms with Crippen molar-refractivity contribution in [2.24, 2.45) is 13.0 Å². The average Bonchev–Trinajstić information content (AvgIpc) is 3.46. The summed E-state index contributed by atoms with van der Waals surface area (Å²) in [4.78, 5) is 19.9. The van der Waals surface area contributed by atoms with Crippen molar-refractivity contribution in [3.05, 3.63) is 42.7 Å². The number of anilines is 1. The van der Waals surface area contributed by atoms with Gasteiger partial charge in [0.2, 0.25) is 5.91 Å². The number of hydrogen-bond acceptors (Lipinski definition) is 4. The number of nitrogens with zero attached hydrogens (tertiary/aromatic N) is 5. The molecule has 0 radical (unpaired) electrons. The SMILES string of the molecule is C=CC(=O)N1CC[C@@H](c2cnc(N3CC[C@H](C(F)(F)F)C3)cc2-c2ccn(C)n2)C1. The predicted molar refractivity (Wildman–Crippen MR) is 107 cm³/mol. The topological polar surface area (TPSA) is 54.3 Å². The molecule has 2 aliphatic heterocycles. The van der Waals surface area contributed by atoms with E-state index in [0.29, 0.717) is 25.5 Å². The Balaban J connectivity index is 1.65. The Kier molecular flexibility index (Phi) is 5.29. The molecule has 2 fully saturated rings. The molecule has 1 amide bonds. The zero-order valence-corrected chi connectivity index (χ0v) is 16.8. The molecule has 160 valence electrons. The van der Waals surface area contributed by atoms with E-state index in [2.05, 4.69) is 16.7 Å². The summed E-state index contributed by atoms with van der Waals surface area (Å²) >= 11 is 0. The molecule has 9 heteroatoms. The van der Waals surface area contributed by atoms with Crippen molar-refractivity contribution in [2.75, 3.05) is 31.1 Å². The molecule has 4 heterocycles. The molecule has 2 aliphatic rings. The molecule has 6 nitrogen and oxygen atoms in total. The molecule has 2 aromatic heterocycles. The lowest BCUT2D eigenvalue weighted by Gasteiger charge is -2.22. The van der Waals surface area contributed by atoms with Crippen molar-refractivity contribution >= 4 is 11.7 Å². The quantitative estimate of drug-likeness (QED) is 0.713. The minimum atomic E-state index is -4.19. The van der Waals surface area contributed by atoms with E-state index in [4.69, 9.17) is 0 Å². The first kappa shape index (κ1) is 20.4. The number of carbonyl (C=O) groups excluding carboxylic acids is 1. The number of aryl methyl sites for hydroxylation is 1. The van der Waals surface area contributed by atoms with Crippen LogP contribution in [0.5, 0.6) is 0 Å². The Morgan fingerprint density at radius 1 is 1.27 bits per heavy atom. The van der Waals surface area contributed by atoms with Crippen LogP contribution in [0.2, 0.25) is 0 Å². The largest absolute Gasteiger partial charge is 0.393 e. The number of rotatable bonds is 4. The zero-order valence-electron chi connectivity index (χ0n) is 16.8. The van der Waals surface area contributed by atoms with Gasteiger partial charge >= 0.3 is 6.18 Å². The fourth-order valence-corrected chi connectivity index (χ4v) is 4.31. The van der Waals surface area contributed by atoms with Crippen molar-refractivity contribution in [2.45, 2.75) is 24.9 Å². The standard InChI is InChI=1S/C21H24F3N5O/c1-3-20(30)29-8-4-14(12-29)17-11-25-19(10-16(17)18-6-7-27(2)26-18)28-9-5-15(13-28)21(22,23)24/h3,6-7,10-11,14-15H,1,4-5,8-9,12-13H2,2H3/t14-,15+/m1/s1.